The molecule has 4 unspecified atom stereocenters. The Balaban J connectivity index is 1.47. The van der Waals surface area contributed by atoms with Gasteiger partial charge < -0.3 is 0 Å². The van der Waals surface area contributed by atoms with Gasteiger partial charge in [-0.3, -0.25) is 0 Å². The molecule has 0 bridgehead atoms. The van der Waals surface area contributed by atoms with Gasteiger partial charge in [0, 0.05) is 0 Å². The van der Waals surface area contributed by atoms with Gasteiger partial charge in [0.2, 0.25) is 0 Å². The fourth-order valence-electron chi connectivity index (χ4n) is 6.92. The van der Waals surface area contributed by atoms with Crippen LogP contribution in [0.1, 0.15) is 36.8 Å². The molecule has 0 N–H and O–H groups in total. The van der Waals surface area contributed by atoms with E-state index in [-0.39, 0.29) is 0 Å². The minimum absolute atomic E-state index is 0.342. The van der Waals surface area contributed by atoms with Crippen molar-refractivity contribution in [3.63, 3.8) is 0 Å². The molecule has 0 aromatic heterocycles. The van der Waals surface area contributed by atoms with Crippen LogP contribution in [0.5, 0.6) is 0 Å². The second-order valence-electron chi connectivity index (χ2n) is 11.2. The predicted octanol–water partition coefficient (Wildman–Crippen LogP) is 9.77. The Morgan fingerprint density at radius 3 is 1.37 bits per heavy atom. The molecule has 4 atom stereocenters. The Kier molecular flexibility index (Phi) is 7.39. The van der Waals surface area contributed by atoms with Crippen molar-refractivity contribution in [1.29, 1.82) is 0 Å². The summed E-state index contributed by atoms with van der Waals surface area (Å²) in [5.41, 5.74) is 11.9. The van der Waals surface area contributed by atoms with E-state index in [9.17, 15) is 0 Å². The number of hydrogen-bond donors (Lipinski definition) is 0. The molecule has 2 heteroatoms. The van der Waals surface area contributed by atoms with Crippen molar-refractivity contribution in [2.24, 2.45) is 0 Å². The molecule has 188 valence electrons. The van der Waals surface area contributed by atoms with Crippen LogP contribution in [-0.4, -0.2) is 5.43 Å². The zero-order chi connectivity index (χ0) is 26.2. The van der Waals surface area contributed by atoms with Crippen LogP contribution in [0.4, 0.5) is 0 Å². The molecule has 0 spiro atoms. The van der Waals surface area contributed by atoms with E-state index in [1.807, 2.05) is 0 Å². The fourth-order valence-corrected chi connectivity index (χ4v) is 27.7. The van der Waals surface area contributed by atoms with Crippen LogP contribution in [0, 0.1) is 0 Å². The van der Waals surface area contributed by atoms with Crippen molar-refractivity contribution in [2.75, 3.05) is 0 Å². The zero-order valence-electron chi connectivity index (χ0n) is 22.9. The van der Waals surface area contributed by atoms with Crippen LogP contribution in [0.25, 0.3) is 0 Å². The third kappa shape index (κ3) is 4.61. The Bertz CT molecular complexity index is 1420. The van der Waals surface area contributed by atoms with E-state index >= 15 is 0 Å². The van der Waals surface area contributed by atoms with Gasteiger partial charge in [0.15, 0.2) is 0 Å². The quantitative estimate of drug-likeness (QED) is 0.312. The van der Waals surface area contributed by atoms with Crippen molar-refractivity contribution in [1.82, 2.24) is 0 Å². The third-order valence-corrected chi connectivity index (χ3v) is 28.4. The third-order valence-electron chi connectivity index (χ3n) is 8.53. The first-order valence-corrected chi connectivity index (χ1v) is 22.9. The SMILES string of the molecule is CC1=CC2=C(C=CC=CC2c2ccccc2)[CH]1[Zr]([CH]1C(C)=CC2=C1C=CC=CC2c1ccccc1)=[Si](C)C. The normalized spacial score (nSPS) is 25.6. The Morgan fingerprint density at radius 1 is 0.553 bits per heavy atom. The van der Waals surface area contributed by atoms with Crippen LogP contribution < -0.4 is 0 Å². The summed E-state index contributed by atoms with van der Waals surface area (Å²) in [6.45, 7) is 10.1. The molecule has 4 aliphatic rings. The molecule has 6 rings (SSSR count). The maximum absolute atomic E-state index is 2.62. The van der Waals surface area contributed by atoms with Gasteiger partial charge in [0.1, 0.15) is 0 Å². The van der Waals surface area contributed by atoms with Crippen molar-refractivity contribution in [3.8, 4) is 0 Å². The Labute approximate surface area is 236 Å². The molecule has 0 nitrogen and oxygen atoms in total. The van der Waals surface area contributed by atoms with Gasteiger partial charge in [-0.1, -0.05) is 0 Å². The van der Waals surface area contributed by atoms with E-state index in [1.54, 1.807) is 33.4 Å². The Morgan fingerprint density at radius 2 is 0.974 bits per heavy atom. The molecular weight excluding hydrogens is 552 g/mol. The first kappa shape index (κ1) is 25.7. The van der Waals surface area contributed by atoms with E-state index in [1.165, 1.54) is 11.1 Å². The molecule has 0 amide bonds. The van der Waals surface area contributed by atoms with Crippen molar-refractivity contribution in [3.05, 3.63) is 166 Å². The first-order valence-electron chi connectivity index (χ1n) is 13.9. The number of benzene rings is 2. The van der Waals surface area contributed by atoms with Crippen molar-refractivity contribution >= 4 is 5.43 Å². The number of allylic oxidation sites excluding steroid dienone is 16. The number of rotatable bonds is 4. The van der Waals surface area contributed by atoms with Gasteiger partial charge >= 0.3 is 238 Å². The molecule has 4 aliphatic carbocycles. The van der Waals surface area contributed by atoms with Gasteiger partial charge in [-0.05, 0) is 0 Å². The summed E-state index contributed by atoms with van der Waals surface area (Å²) in [6, 6.07) is 22.2. The van der Waals surface area contributed by atoms with Crippen LogP contribution in [0.3, 0.4) is 0 Å². The van der Waals surface area contributed by atoms with Gasteiger partial charge in [-0.15, -0.1) is 0 Å². The summed E-state index contributed by atoms with van der Waals surface area (Å²) in [5.74, 6) is 0.684. The van der Waals surface area contributed by atoms with Crippen LogP contribution >= 0.6 is 0 Å². The topological polar surface area (TPSA) is 0 Å². The maximum atomic E-state index is 2.62. The summed E-state index contributed by atoms with van der Waals surface area (Å²) >= 11 is -2.10. The molecule has 2 aromatic carbocycles. The predicted molar refractivity (Wildman–Crippen MR) is 161 cm³/mol. The molecule has 38 heavy (non-hydrogen) atoms. The Hall–Kier alpha value is -2.54. The van der Waals surface area contributed by atoms with Crippen molar-refractivity contribution in [2.45, 2.75) is 46.0 Å². The average molecular weight is 588 g/mol. The molecular formula is C36H36SiZr. The van der Waals surface area contributed by atoms with Gasteiger partial charge in [0.05, 0.1) is 0 Å². The van der Waals surface area contributed by atoms with Gasteiger partial charge in [-0.25, -0.2) is 0 Å². The van der Waals surface area contributed by atoms with Gasteiger partial charge in [0.25, 0.3) is 0 Å². The number of hydrogen-bond acceptors (Lipinski definition) is 0. The summed E-state index contributed by atoms with van der Waals surface area (Å²) in [6.07, 6.45) is 24.0. The van der Waals surface area contributed by atoms with Crippen molar-refractivity contribution < 1.29 is 20.4 Å². The minimum atomic E-state index is -2.10. The summed E-state index contributed by atoms with van der Waals surface area (Å²) in [4.78, 5) is 0. The first-order chi connectivity index (χ1) is 18.5. The zero-order valence-corrected chi connectivity index (χ0v) is 26.3. The summed E-state index contributed by atoms with van der Waals surface area (Å²) in [5, 5.41) is 0. The summed E-state index contributed by atoms with van der Waals surface area (Å²) in [7, 11) is 0. The molecule has 2 aromatic rings. The summed E-state index contributed by atoms with van der Waals surface area (Å²) < 4.78 is 1.30. The molecule has 0 saturated carbocycles. The van der Waals surface area contributed by atoms with E-state index in [0.717, 1.165) is 0 Å². The van der Waals surface area contributed by atoms with Crippen LogP contribution in [0.2, 0.25) is 20.3 Å². The van der Waals surface area contributed by atoms with E-state index < -0.39 is 25.8 Å². The van der Waals surface area contributed by atoms with Crippen LogP contribution in [0.15, 0.2) is 155 Å². The molecule has 0 heterocycles. The monoisotopic (exact) mass is 586 g/mol. The standard InChI is InChI=1S/2C17H15.C2H6Si.Zr/c2*1-13-11-15-9-5-6-10-16(17(15)12-13)14-7-3-2-4-8-14;1-3-2;/h2*2-12,16H,1H3;1-2H3;. The van der Waals surface area contributed by atoms with E-state index in [0.29, 0.717) is 19.1 Å². The molecule has 0 fully saturated rings. The van der Waals surface area contributed by atoms with Gasteiger partial charge in [-0.2, -0.15) is 0 Å². The fraction of sp³-hybridized carbons (Fsp3) is 0.222. The van der Waals surface area contributed by atoms with Crippen LogP contribution in [-0.2, 0) is 20.4 Å². The van der Waals surface area contributed by atoms with E-state index in [2.05, 4.69) is 148 Å². The molecule has 0 aliphatic heterocycles. The molecule has 0 saturated heterocycles. The average Bonchev–Trinajstić information content (AvgIpc) is 3.21. The van der Waals surface area contributed by atoms with E-state index in [4.69, 9.17) is 0 Å². The second kappa shape index (κ2) is 10.9. The molecule has 0 radical (unpaired) electrons. The second-order valence-corrected chi connectivity index (χ2v) is 29.1.